The van der Waals surface area contributed by atoms with Crippen LogP contribution in [0.25, 0.3) is 0 Å². The summed E-state index contributed by atoms with van der Waals surface area (Å²) in [6.07, 6.45) is 2.63. The molecule has 14 heavy (non-hydrogen) atoms. The third-order valence-corrected chi connectivity index (χ3v) is 2.00. The first-order valence-corrected chi connectivity index (χ1v) is 4.07. The van der Waals surface area contributed by atoms with Crippen LogP contribution in [0.2, 0.25) is 0 Å². The van der Waals surface area contributed by atoms with E-state index < -0.39 is 0 Å². The van der Waals surface area contributed by atoms with Crippen molar-refractivity contribution >= 4 is 17.7 Å². The number of hydrogen-bond donors (Lipinski definition) is 3. The number of allylic oxidation sites excluding steroid dienone is 1. The van der Waals surface area contributed by atoms with Crippen LogP contribution in [0.5, 0.6) is 5.75 Å². The monoisotopic (exact) mass is 192 g/mol. The molecule has 0 heterocycles. The number of carbonyl (C=O) groups excluding carboxylic acids is 1. The minimum atomic E-state index is -0.149. The molecule has 0 radical (unpaired) electrons. The van der Waals surface area contributed by atoms with Crippen LogP contribution in [0.3, 0.4) is 0 Å². The molecule has 4 heteroatoms. The summed E-state index contributed by atoms with van der Waals surface area (Å²) in [4.78, 5) is 10.6. The van der Waals surface area contributed by atoms with E-state index in [1.165, 1.54) is 6.07 Å². The van der Waals surface area contributed by atoms with Crippen molar-refractivity contribution in [3.8, 4) is 5.75 Å². The normalized spacial score (nSPS) is 9.71. The van der Waals surface area contributed by atoms with E-state index in [0.29, 0.717) is 24.0 Å². The fraction of sp³-hybridized carbons (Fsp3) is 0.100. The van der Waals surface area contributed by atoms with E-state index in [-0.39, 0.29) is 17.0 Å². The van der Waals surface area contributed by atoms with E-state index in [1.807, 2.05) is 0 Å². The van der Waals surface area contributed by atoms with Crippen LogP contribution in [-0.4, -0.2) is 11.4 Å². The van der Waals surface area contributed by atoms with Gasteiger partial charge in [0.05, 0.1) is 16.9 Å². The van der Waals surface area contributed by atoms with Crippen molar-refractivity contribution in [2.45, 2.75) is 6.42 Å². The minimum Gasteiger partial charge on any atom is -0.507 e. The van der Waals surface area contributed by atoms with Crippen LogP contribution in [0.1, 0.15) is 15.9 Å². The third-order valence-electron chi connectivity index (χ3n) is 2.00. The molecule has 0 saturated heterocycles. The third kappa shape index (κ3) is 1.54. The van der Waals surface area contributed by atoms with Crippen LogP contribution < -0.4 is 11.5 Å². The van der Waals surface area contributed by atoms with Crippen molar-refractivity contribution in [3.05, 3.63) is 29.8 Å². The molecule has 0 saturated carbocycles. The van der Waals surface area contributed by atoms with Crippen LogP contribution in [0.15, 0.2) is 18.7 Å². The molecule has 0 spiro atoms. The summed E-state index contributed by atoms with van der Waals surface area (Å²) in [7, 11) is 0. The van der Waals surface area contributed by atoms with Crippen molar-refractivity contribution in [1.82, 2.24) is 0 Å². The van der Waals surface area contributed by atoms with Gasteiger partial charge in [0.1, 0.15) is 5.75 Å². The Balaban J connectivity index is 3.38. The number of rotatable bonds is 3. The largest absolute Gasteiger partial charge is 0.507 e. The van der Waals surface area contributed by atoms with Crippen LogP contribution >= 0.6 is 0 Å². The highest BCUT2D eigenvalue weighted by Gasteiger charge is 2.11. The van der Waals surface area contributed by atoms with E-state index in [9.17, 15) is 9.90 Å². The molecule has 0 aliphatic carbocycles. The zero-order chi connectivity index (χ0) is 10.7. The molecule has 0 aliphatic heterocycles. The Morgan fingerprint density at radius 1 is 1.43 bits per heavy atom. The van der Waals surface area contributed by atoms with Gasteiger partial charge in [-0.3, -0.25) is 4.79 Å². The van der Waals surface area contributed by atoms with Crippen LogP contribution in [-0.2, 0) is 6.42 Å². The summed E-state index contributed by atoms with van der Waals surface area (Å²) in [5, 5.41) is 9.42. The number of phenolic OH excluding ortho intramolecular Hbond substituents is 1. The highest BCUT2D eigenvalue weighted by Crippen LogP contribution is 2.31. The van der Waals surface area contributed by atoms with Gasteiger partial charge in [0.2, 0.25) is 0 Å². The molecule has 1 aromatic carbocycles. The molecule has 0 bridgehead atoms. The predicted octanol–water partition coefficient (Wildman–Crippen LogP) is 1.10. The molecule has 0 fully saturated rings. The second-order valence-electron chi connectivity index (χ2n) is 2.91. The first-order chi connectivity index (χ1) is 6.61. The van der Waals surface area contributed by atoms with Crippen molar-refractivity contribution in [1.29, 1.82) is 0 Å². The van der Waals surface area contributed by atoms with E-state index in [0.717, 1.165) is 0 Å². The molecular weight excluding hydrogens is 180 g/mol. The lowest BCUT2D eigenvalue weighted by molar-refractivity contribution is 0.112. The first-order valence-electron chi connectivity index (χ1n) is 4.07. The highest BCUT2D eigenvalue weighted by atomic mass is 16.3. The molecule has 0 aliphatic rings. The molecule has 0 aromatic heterocycles. The van der Waals surface area contributed by atoms with E-state index >= 15 is 0 Å². The van der Waals surface area contributed by atoms with Gasteiger partial charge >= 0.3 is 0 Å². The van der Waals surface area contributed by atoms with Gasteiger partial charge in [-0.25, -0.2) is 0 Å². The topological polar surface area (TPSA) is 89.3 Å². The maximum absolute atomic E-state index is 10.6. The maximum atomic E-state index is 10.6. The number of benzene rings is 1. The van der Waals surface area contributed by atoms with Crippen LogP contribution in [0.4, 0.5) is 11.4 Å². The lowest BCUT2D eigenvalue weighted by Gasteiger charge is -2.10. The summed E-state index contributed by atoms with van der Waals surface area (Å²) in [5.74, 6) is -0.149. The standard InChI is InChI=1S/C10H12N2O2/c1-2-3-6-4-8(14)7(5-13)10(12)9(6)11/h2,4-5,14H,1,3,11-12H2. The van der Waals surface area contributed by atoms with Gasteiger partial charge in [0.15, 0.2) is 6.29 Å². The van der Waals surface area contributed by atoms with Gasteiger partial charge in [0.25, 0.3) is 0 Å². The lowest BCUT2D eigenvalue weighted by Crippen LogP contribution is -2.03. The van der Waals surface area contributed by atoms with E-state index in [4.69, 9.17) is 11.5 Å². The minimum absolute atomic E-state index is 0.0373. The maximum Gasteiger partial charge on any atom is 0.155 e. The summed E-state index contributed by atoms with van der Waals surface area (Å²) in [5.41, 5.74) is 12.4. The van der Waals surface area contributed by atoms with Gasteiger partial charge in [-0.1, -0.05) is 6.08 Å². The lowest BCUT2D eigenvalue weighted by atomic mass is 10.0. The van der Waals surface area contributed by atoms with Gasteiger partial charge < -0.3 is 16.6 Å². The number of phenols is 1. The highest BCUT2D eigenvalue weighted by molar-refractivity contribution is 5.93. The number of nitrogens with two attached hydrogens (primary N) is 2. The second-order valence-corrected chi connectivity index (χ2v) is 2.91. The predicted molar refractivity (Wildman–Crippen MR) is 56.2 cm³/mol. The molecule has 0 unspecified atom stereocenters. The second kappa shape index (κ2) is 3.83. The van der Waals surface area contributed by atoms with Gasteiger partial charge in [-0.05, 0) is 18.1 Å². The quantitative estimate of drug-likeness (QED) is 0.289. The van der Waals surface area contributed by atoms with E-state index in [1.54, 1.807) is 6.08 Å². The van der Waals surface area contributed by atoms with Gasteiger partial charge in [-0.15, -0.1) is 6.58 Å². The molecule has 4 nitrogen and oxygen atoms in total. The number of hydrogen-bond acceptors (Lipinski definition) is 4. The summed E-state index contributed by atoms with van der Waals surface area (Å²) in [6.45, 7) is 3.55. The summed E-state index contributed by atoms with van der Waals surface area (Å²) >= 11 is 0. The Labute approximate surface area is 81.8 Å². The Morgan fingerprint density at radius 3 is 2.57 bits per heavy atom. The molecular formula is C10H12N2O2. The number of carbonyl (C=O) groups is 1. The smallest absolute Gasteiger partial charge is 0.155 e. The number of anilines is 2. The Kier molecular flexibility index (Phi) is 2.76. The number of nitrogen functional groups attached to an aromatic ring is 2. The molecule has 74 valence electrons. The van der Waals surface area contributed by atoms with Crippen molar-refractivity contribution in [3.63, 3.8) is 0 Å². The van der Waals surface area contributed by atoms with Crippen LogP contribution in [0, 0.1) is 0 Å². The van der Waals surface area contributed by atoms with Gasteiger partial charge in [-0.2, -0.15) is 0 Å². The fourth-order valence-corrected chi connectivity index (χ4v) is 1.22. The average Bonchev–Trinajstić information content (AvgIpc) is 2.15. The summed E-state index contributed by atoms with van der Waals surface area (Å²) < 4.78 is 0. The van der Waals surface area contributed by atoms with Crippen molar-refractivity contribution in [2.75, 3.05) is 11.5 Å². The SMILES string of the molecule is C=CCc1cc(O)c(C=O)c(N)c1N. The molecule has 5 N–H and O–H groups in total. The summed E-state index contributed by atoms with van der Waals surface area (Å²) in [6, 6.07) is 1.43. The molecule has 1 aromatic rings. The van der Waals surface area contributed by atoms with Crippen molar-refractivity contribution in [2.24, 2.45) is 0 Å². The van der Waals surface area contributed by atoms with E-state index in [2.05, 4.69) is 6.58 Å². The zero-order valence-electron chi connectivity index (χ0n) is 7.66. The average molecular weight is 192 g/mol. The fourth-order valence-electron chi connectivity index (χ4n) is 1.22. The first kappa shape index (κ1) is 10.1. The Hall–Kier alpha value is -1.97. The molecule has 1 rings (SSSR count). The molecule has 0 amide bonds. The Morgan fingerprint density at radius 2 is 2.07 bits per heavy atom. The number of aldehydes is 1. The molecule has 0 atom stereocenters. The van der Waals surface area contributed by atoms with Crippen molar-refractivity contribution < 1.29 is 9.90 Å². The van der Waals surface area contributed by atoms with Gasteiger partial charge in [0, 0.05) is 0 Å². The Bertz CT molecular complexity index is 386. The number of aromatic hydroxyl groups is 1. The zero-order valence-corrected chi connectivity index (χ0v) is 7.66.